The van der Waals surface area contributed by atoms with E-state index in [1.54, 1.807) is 0 Å². The molecule has 0 spiro atoms. The van der Waals surface area contributed by atoms with E-state index in [-0.39, 0.29) is 41.0 Å². The minimum absolute atomic E-state index is 0. The number of unbranched alkanes of at least 4 members (excludes halogenated alkanes) is 4. The fraction of sp³-hybridized carbons (Fsp3) is 0.688. The van der Waals surface area contributed by atoms with E-state index in [0.717, 1.165) is 26.4 Å². The molecule has 2 aromatic rings. The molecule has 0 bridgehead atoms. The quantitative estimate of drug-likeness (QED) is 0.111. The van der Waals surface area contributed by atoms with Crippen LogP contribution in [-0.4, -0.2) is 69.3 Å². The zero-order valence-electron chi connectivity index (χ0n) is 30.8. The number of aromatic nitrogens is 4. The number of halogens is 8. The van der Waals surface area contributed by atoms with E-state index in [1.807, 2.05) is 14.1 Å². The molecule has 0 atom stereocenters. The van der Waals surface area contributed by atoms with Gasteiger partial charge in [0.1, 0.15) is 24.8 Å². The van der Waals surface area contributed by atoms with Crippen LogP contribution in [0.1, 0.15) is 79.1 Å². The van der Waals surface area contributed by atoms with E-state index in [9.17, 15) is 25.2 Å². The van der Waals surface area contributed by atoms with Gasteiger partial charge in [-0.2, -0.15) is 0 Å². The van der Waals surface area contributed by atoms with Gasteiger partial charge in [0.2, 0.25) is 12.7 Å². The third-order valence-corrected chi connectivity index (χ3v) is 6.66. The van der Waals surface area contributed by atoms with Gasteiger partial charge in [0, 0.05) is 52.0 Å². The standard InChI is InChI=1S/2C8H16N2.2C8H15N2.BrH.F6P.HI/c4*1-3-4-5-10-7-6-9(2)8-10;;1-7(2,3,4,5)6;/h2*6-7H,3-5,8H2,1-2H3;2*6-8H,3-5H2,1-2H3;1H;;1H/q;;2*+1;;-1;/p-1. The van der Waals surface area contributed by atoms with Crippen LogP contribution < -0.4 is 26.1 Å². The Kier molecular flexibility index (Phi) is 26.7. The van der Waals surface area contributed by atoms with Crippen LogP contribution in [0.2, 0.25) is 0 Å². The molecular weight excluding hydrogens is 848 g/mol. The van der Waals surface area contributed by atoms with Crippen molar-refractivity contribution in [2.75, 3.05) is 40.5 Å². The SMILES string of the molecule is CCCCN1C=CN(C)C1.CCCCN1C=CN(C)C1.CCCCn1cc[n+](C)c1.CCCCn1cc[n+](C)c1.F[P-](F)(F)(F)(F)F.I.[Br-]. The summed E-state index contributed by atoms with van der Waals surface area (Å²) in [5.41, 5.74) is 0. The van der Waals surface area contributed by atoms with Crippen LogP contribution in [0.25, 0.3) is 0 Å². The number of hydrogen-bond acceptors (Lipinski definition) is 4. The first-order valence-electron chi connectivity index (χ1n) is 16.6. The summed E-state index contributed by atoms with van der Waals surface area (Å²) in [5, 5.41) is 0. The van der Waals surface area contributed by atoms with Gasteiger partial charge in [0.05, 0.1) is 40.5 Å². The average molecular weight is 912 g/mol. The summed E-state index contributed by atoms with van der Waals surface area (Å²) in [6.07, 6.45) is 31.4. The maximum atomic E-state index is 9.87. The summed E-state index contributed by atoms with van der Waals surface area (Å²) in [6, 6.07) is 0. The predicted molar refractivity (Wildman–Crippen MR) is 197 cm³/mol. The predicted octanol–water partition coefficient (Wildman–Crippen LogP) is 6.16. The Morgan fingerprint density at radius 1 is 0.551 bits per heavy atom. The number of hydrogen-bond donors (Lipinski definition) is 0. The molecule has 17 heteroatoms. The Bertz CT molecular complexity index is 1060. The summed E-state index contributed by atoms with van der Waals surface area (Å²) in [7, 11) is -2.37. The minimum atomic E-state index is -10.7. The molecule has 4 heterocycles. The molecule has 0 amide bonds. The molecular formula is C32H63BrF6IN8P. The van der Waals surface area contributed by atoms with Gasteiger partial charge in [-0.05, 0) is 25.7 Å². The van der Waals surface area contributed by atoms with Crippen LogP contribution in [0.15, 0.2) is 62.2 Å². The molecule has 2 aliphatic rings. The van der Waals surface area contributed by atoms with Crippen molar-refractivity contribution in [1.29, 1.82) is 0 Å². The number of nitrogens with zero attached hydrogens (tertiary/aromatic N) is 8. The molecule has 0 fully saturated rings. The van der Waals surface area contributed by atoms with E-state index >= 15 is 0 Å². The van der Waals surface area contributed by atoms with Crippen molar-refractivity contribution in [2.45, 2.75) is 92.2 Å². The molecule has 0 aliphatic carbocycles. The molecule has 49 heavy (non-hydrogen) atoms. The van der Waals surface area contributed by atoms with Crippen molar-refractivity contribution in [3.8, 4) is 0 Å². The summed E-state index contributed by atoms with van der Waals surface area (Å²) in [5.74, 6) is 0. The molecule has 4 rings (SSSR count). The molecule has 2 aromatic heterocycles. The Balaban J connectivity index is -0.000000538. The second-order valence-corrected chi connectivity index (χ2v) is 13.9. The van der Waals surface area contributed by atoms with Gasteiger partial charge in [0.15, 0.2) is 0 Å². The zero-order valence-corrected chi connectivity index (χ0v) is 35.6. The molecule has 0 unspecified atom stereocenters. The van der Waals surface area contributed by atoms with Gasteiger partial charge < -0.3 is 36.6 Å². The minimum Gasteiger partial charge on any atom is -1.00 e. The Morgan fingerprint density at radius 2 is 0.837 bits per heavy atom. The van der Waals surface area contributed by atoms with Crippen LogP contribution >= 0.6 is 31.8 Å². The second-order valence-electron chi connectivity index (χ2n) is 12.0. The number of aryl methyl sites for hydroxylation is 4. The molecule has 8 nitrogen and oxygen atoms in total. The van der Waals surface area contributed by atoms with Crippen LogP contribution in [0.3, 0.4) is 0 Å². The van der Waals surface area contributed by atoms with Crippen molar-refractivity contribution in [2.24, 2.45) is 14.1 Å². The topological polar surface area (TPSA) is 30.6 Å². The van der Waals surface area contributed by atoms with Crippen molar-refractivity contribution in [3.05, 3.63) is 62.2 Å². The van der Waals surface area contributed by atoms with Crippen LogP contribution in [0.5, 0.6) is 0 Å². The first-order valence-corrected chi connectivity index (χ1v) is 18.6. The smallest absolute Gasteiger partial charge is 0.107 e. The third kappa shape index (κ3) is 35.9. The van der Waals surface area contributed by atoms with E-state index in [0.29, 0.717) is 0 Å². The molecule has 0 aromatic carbocycles. The van der Waals surface area contributed by atoms with Crippen LogP contribution in [-0.2, 0) is 27.2 Å². The average Bonchev–Trinajstić information content (AvgIpc) is 3.78. The molecule has 0 saturated carbocycles. The van der Waals surface area contributed by atoms with E-state index in [4.69, 9.17) is 0 Å². The fourth-order valence-corrected chi connectivity index (χ4v) is 4.14. The summed E-state index contributed by atoms with van der Waals surface area (Å²) >= 11 is 0. The molecule has 292 valence electrons. The van der Waals surface area contributed by atoms with Gasteiger partial charge in [-0.25, -0.2) is 18.3 Å². The van der Waals surface area contributed by atoms with Gasteiger partial charge >= 0.3 is 33.0 Å². The first kappa shape index (κ1) is 51.7. The van der Waals surface area contributed by atoms with Gasteiger partial charge in [-0.15, -0.1) is 24.0 Å². The van der Waals surface area contributed by atoms with E-state index in [2.05, 4.69) is 142 Å². The maximum absolute atomic E-state index is 10.7. The Morgan fingerprint density at radius 3 is 1.04 bits per heavy atom. The van der Waals surface area contributed by atoms with Crippen molar-refractivity contribution >= 4 is 31.8 Å². The van der Waals surface area contributed by atoms with Crippen molar-refractivity contribution < 1.29 is 51.3 Å². The zero-order chi connectivity index (χ0) is 36.0. The first-order chi connectivity index (χ1) is 21.8. The number of rotatable bonds is 12. The molecule has 0 N–H and O–H groups in total. The van der Waals surface area contributed by atoms with Gasteiger partial charge in [-0.3, -0.25) is 0 Å². The summed E-state index contributed by atoms with van der Waals surface area (Å²) < 4.78 is 67.7. The maximum Gasteiger partial charge on any atom is -0.107 e. The van der Waals surface area contributed by atoms with Crippen molar-refractivity contribution in [1.82, 2.24) is 28.7 Å². The number of imidazole rings is 2. The van der Waals surface area contributed by atoms with Crippen LogP contribution in [0, 0.1) is 0 Å². The molecule has 2 aliphatic heterocycles. The van der Waals surface area contributed by atoms with Crippen LogP contribution in [0.4, 0.5) is 25.2 Å². The second kappa shape index (κ2) is 25.3. The van der Waals surface area contributed by atoms with Crippen molar-refractivity contribution in [3.63, 3.8) is 0 Å². The molecule has 0 radical (unpaired) electrons. The fourth-order valence-electron chi connectivity index (χ4n) is 4.14. The van der Waals surface area contributed by atoms with E-state index in [1.165, 1.54) is 64.5 Å². The third-order valence-electron chi connectivity index (χ3n) is 6.66. The normalized spacial score (nSPS) is 14.4. The largest absolute Gasteiger partial charge is 1.00 e. The molecule has 0 saturated heterocycles. The van der Waals surface area contributed by atoms with Gasteiger partial charge in [0.25, 0.3) is 0 Å². The summed E-state index contributed by atoms with van der Waals surface area (Å²) in [4.78, 5) is 9.05. The Hall–Kier alpha value is -1.68. The van der Waals surface area contributed by atoms with Gasteiger partial charge in [-0.1, -0.05) is 53.4 Å². The Labute approximate surface area is 319 Å². The summed E-state index contributed by atoms with van der Waals surface area (Å²) in [6.45, 7) is 15.7. The van der Waals surface area contributed by atoms with E-state index < -0.39 is 7.81 Å². The monoisotopic (exact) mass is 910 g/mol.